The Balaban J connectivity index is 0.00000341. The third-order valence-corrected chi connectivity index (χ3v) is 4.81. The molecule has 0 saturated heterocycles. The van der Waals surface area contributed by atoms with Crippen molar-refractivity contribution < 1.29 is 9.21 Å². The number of carbonyl (C=O) groups excluding carboxylic acids is 1. The lowest BCUT2D eigenvalue weighted by Crippen LogP contribution is -2.40. The standard InChI is InChI=1S/C22H30N6O2.HI/c1-17-26-19-9-4-5-10-20(19)28(17)14-7-12-23-22(25-16-21(29)27(2)3)24-13-11-18-8-6-15-30-18;/h4-6,8-10,15H,7,11-14,16H2,1-3H3,(H2,23,24,25);1H. The van der Waals surface area contributed by atoms with Gasteiger partial charge in [0.05, 0.1) is 17.3 Å². The number of aromatic nitrogens is 2. The molecule has 0 fully saturated rings. The molecule has 1 amide bonds. The molecule has 8 nitrogen and oxygen atoms in total. The molecule has 0 spiro atoms. The molecule has 0 saturated carbocycles. The van der Waals surface area contributed by atoms with Gasteiger partial charge in [-0.05, 0) is 37.6 Å². The van der Waals surface area contributed by atoms with Gasteiger partial charge in [-0.2, -0.15) is 0 Å². The number of guanidine groups is 1. The number of halogens is 1. The van der Waals surface area contributed by atoms with Crippen molar-refractivity contribution in [3.8, 4) is 0 Å². The van der Waals surface area contributed by atoms with E-state index in [1.54, 1.807) is 20.4 Å². The predicted octanol–water partition coefficient (Wildman–Crippen LogP) is 2.81. The number of carbonyl (C=O) groups is 1. The van der Waals surface area contributed by atoms with E-state index in [0.29, 0.717) is 12.5 Å². The minimum atomic E-state index is -0.0392. The van der Waals surface area contributed by atoms with Gasteiger partial charge in [-0.3, -0.25) is 4.79 Å². The molecule has 0 aliphatic heterocycles. The minimum Gasteiger partial charge on any atom is -0.469 e. The highest BCUT2D eigenvalue weighted by molar-refractivity contribution is 14.0. The maximum absolute atomic E-state index is 11.9. The van der Waals surface area contributed by atoms with Crippen LogP contribution in [0.1, 0.15) is 18.0 Å². The topological polar surface area (TPSA) is 87.7 Å². The molecule has 31 heavy (non-hydrogen) atoms. The highest BCUT2D eigenvalue weighted by Crippen LogP contribution is 2.15. The van der Waals surface area contributed by atoms with Gasteiger partial charge in [0, 0.05) is 40.2 Å². The fraction of sp³-hybridized carbons (Fsp3) is 0.409. The summed E-state index contributed by atoms with van der Waals surface area (Å²) in [4.78, 5) is 22.5. The third kappa shape index (κ3) is 7.27. The summed E-state index contributed by atoms with van der Waals surface area (Å²) in [6.45, 7) is 4.39. The molecule has 168 valence electrons. The first-order valence-electron chi connectivity index (χ1n) is 10.2. The number of nitrogens with one attached hydrogen (secondary N) is 2. The van der Waals surface area contributed by atoms with Gasteiger partial charge in [0.25, 0.3) is 0 Å². The normalized spacial score (nSPS) is 11.3. The number of aliphatic imine (C=N–C) groups is 1. The maximum Gasteiger partial charge on any atom is 0.243 e. The molecule has 0 aliphatic carbocycles. The van der Waals surface area contributed by atoms with Crippen LogP contribution in [0.5, 0.6) is 0 Å². The zero-order chi connectivity index (χ0) is 21.3. The van der Waals surface area contributed by atoms with E-state index in [1.165, 1.54) is 4.90 Å². The minimum absolute atomic E-state index is 0. The lowest BCUT2D eigenvalue weighted by Gasteiger charge is -2.14. The van der Waals surface area contributed by atoms with Gasteiger partial charge in [0.1, 0.15) is 18.1 Å². The zero-order valence-corrected chi connectivity index (χ0v) is 20.6. The van der Waals surface area contributed by atoms with Gasteiger partial charge < -0.3 is 24.5 Å². The molecule has 1 aromatic carbocycles. The first kappa shape index (κ1) is 24.7. The second-order valence-corrected chi connectivity index (χ2v) is 7.29. The van der Waals surface area contributed by atoms with Gasteiger partial charge in [-0.1, -0.05) is 12.1 Å². The van der Waals surface area contributed by atoms with E-state index in [1.807, 2.05) is 37.3 Å². The average molecular weight is 538 g/mol. The predicted molar refractivity (Wildman–Crippen MR) is 134 cm³/mol. The number of benzene rings is 1. The maximum atomic E-state index is 11.9. The summed E-state index contributed by atoms with van der Waals surface area (Å²) in [5, 5.41) is 6.60. The van der Waals surface area contributed by atoms with Crippen LogP contribution in [-0.4, -0.2) is 60.0 Å². The van der Waals surface area contributed by atoms with Crippen LogP contribution < -0.4 is 10.6 Å². The van der Waals surface area contributed by atoms with Crippen molar-refractivity contribution >= 4 is 46.9 Å². The highest BCUT2D eigenvalue weighted by atomic mass is 127. The summed E-state index contributed by atoms with van der Waals surface area (Å²) >= 11 is 0. The SMILES string of the molecule is Cc1nc2ccccc2n1CCCNC(=NCC(=O)N(C)C)NCCc1ccco1.I. The average Bonchev–Trinajstić information content (AvgIpc) is 3.35. The Morgan fingerprint density at radius 1 is 1.16 bits per heavy atom. The zero-order valence-electron chi connectivity index (χ0n) is 18.3. The molecule has 2 N–H and O–H groups in total. The number of likely N-dealkylation sites (N-methyl/N-ethyl adjacent to an activating group) is 1. The van der Waals surface area contributed by atoms with E-state index in [4.69, 9.17) is 4.42 Å². The van der Waals surface area contributed by atoms with Crippen molar-refractivity contribution in [2.75, 3.05) is 33.7 Å². The molecule has 0 unspecified atom stereocenters. The second-order valence-electron chi connectivity index (χ2n) is 7.29. The fourth-order valence-corrected chi connectivity index (χ4v) is 3.14. The molecule has 2 aromatic heterocycles. The molecule has 0 bridgehead atoms. The molecule has 3 rings (SSSR count). The van der Waals surface area contributed by atoms with Gasteiger partial charge >= 0.3 is 0 Å². The van der Waals surface area contributed by atoms with E-state index in [2.05, 4.69) is 31.2 Å². The number of hydrogen-bond acceptors (Lipinski definition) is 4. The molecular weight excluding hydrogens is 507 g/mol. The van der Waals surface area contributed by atoms with Crippen molar-refractivity contribution in [1.29, 1.82) is 0 Å². The van der Waals surface area contributed by atoms with Crippen molar-refractivity contribution in [3.63, 3.8) is 0 Å². The van der Waals surface area contributed by atoms with E-state index >= 15 is 0 Å². The number of amides is 1. The molecule has 3 aromatic rings. The molecular formula is C22H31IN6O2. The molecule has 2 heterocycles. The van der Waals surface area contributed by atoms with E-state index in [9.17, 15) is 4.79 Å². The smallest absolute Gasteiger partial charge is 0.243 e. The largest absolute Gasteiger partial charge is 0.469 e. The monoisotopic (exact) mass is 538 g/mol. The summed E-state index contributed by atoms with van der Waals surface area (Å²) in [5.74, 6) is 2.51. The number of nitrogens with zero attached hydrogens (tertiary/aromatic N) is 4. The van der Waals surface area contributed by atoms with E-state index in [0.717, 1.165) is 48.5 Å². The Morgan fingerprint density at radius 2 is 1.94 bits per heavy atom. The summed E-state index contributed by atoms with van der Waals surface area (Å²) in [7, 11) is 3.46. The van der Waals surface area contributed by atoms with Crippen LogP contribution in [0.4, 0.5) is 0 Å². The Bertz CT molecular complexity index is 981. The van der Waals surface area contributed by atoms with Crippen LogP contribution in [0.15, 0.2) is 52.1 Å². The third-order valence-electron chi connectivity index (χ3n) is 4.81. The summed E-state index contributed by atoms with van der Waals surface area (Å²) in [6.07, 6.45) is 3.32. The Hall–Kier alpha value is -2.56. The molecule has 0 atom stereocenters. The van der Waals surface area contributed by atoms with Crippen LogP contribution in [0.3, 0.4) is 0 Å². The molecule has 9 heteroatoms. The van der Waals surface area contributed by atoms with Gasteiger partial charge in [0.15, 0.2) is 5.96 Å². The van der Waals surface area contributed by atoms with Crippen LogP contribution in [0.25, 0.3) is 11.0 Å². The van der Waals surface area contributed by atoms with Gasteiger partial charge in [-0.25, -0.2) is 9.98 Å². The summed E-state index contributed by atoms with van der Waals surface area (Å²) in [5.41, 5.74) is 2.17. The van der Waals surface area contributed by atoms with Crippen LogP contribution in [0, 0.1) is 6.92 Å². The Labute approximate surface area is 200 Å². The van der Waals surface area contributed by atoms with Crippen LogP contribution in [-0.2, 0) is 17.8 Å². The highest BCUT2D eigenvalue weighted by Gasteiger charge is 2.07. The first-order valence-corrected chi connectivity index (χ1v) is 10.2. The van der Waals surface area contributed by atoms with E-state index < -0.39 is 0 Å². The quantitative estimate of drug-likeness (QED) is 0.190. The first-order chi connectivity index (χ1) is 14.5. The van der Waals surface area contributed by atoms with Gasteiger partial charge in [-0.15, -0.1) is 24.0 Å². The van der Waals surface area contributed by atoms with Crippen molar-refractivity contribution in [2.24, 2.45) is 4.99 Å². The number of rotatable bonds is 9. The lowest BCUT2D eigenvalue weighted by atomic mass is 10.3. The lowest BCUT2D eigenvalue weighted by molar-refractivity contribution is -0.127. The fourth-order valence-electron chi connectivity index (χ4n) is 3.14. The Kier molecular flexibility index (Phi) is 9.83. The van der Waals surface area contributed by atoms with Crippen molar-refractivity contribution in [3.05, 3.63) is 54.2 Å². The summed E-state index contributed by atoms with van der Waals surface area (Å²) in [6, 6.07) is 12.0. The second kappa shape index (κ2) is 12.3. The molecule has 0 radical (unpaired) electrons. The van der Waals surface area contributed by atoms with Crippen LogP contribution >= 0.6 is 24.0 Å². The summed E-state index contributed by atoms with van der Waals surface area (Å²) < 4.78 is 7.59. The van der Waals surface area contributed by atoms with Gasteiger partial charge in [0.2, 0.25) is 5.91 Å². The number of para-hydroxylation sites is 2. The van der Waals surface area contributed by atoms with Crippen molar-refractivity contribution in [2.45, 2.75) is 26.3 Å². The number of hydrogen-bond donors (Lipinski definition) is 2. The van der Waals surface area contributed by atoms with Crippen LogP contribution in [0.2, 0.25) is 0 Å². The Morgan fingerprint density at radius 3 is 2.68 bits per heavy atom. The number of imidazole rings is 1. The van der Waals surface area contributed by atoms with E-state index in [-0.39, 0.29) is 36.4 Å². The molecule has 0 aliphatic rings. The van der Waals surface area contributed by atoms with Crippen molar-refractivity contribution in [1.82, 2.24) is 25.1 Å². The number of aryl methyl sites for hydroxylation is 2. The number of fused-ring (bicyclic) bond motifs is 1. The number of furan rings is 1.